The van der Waals surface area contributed by atoms with Crippen molar-refractivity contribution in [2.45, 2.75) is 32.4 Å². The van der Waals surface area contributed by atoms with Gasteiger partial charge >= 0.3 is 5.69 Å². The second kappa shape index (κ2) is 6.54. The third kappa shape index (κ3) is 2.77. The van der Waals surface area contributed by atoms with E-state index in [1.165, 1.54) is 11.1 Å². The molecular weight excluding hydrogens is 342 g/mol. The van der Waals surface area contributed by atoms with Crippen LogP contribution in [0, 0.1) is 0 Å². The lowest BCUT2D eigenvalue weighted by Gasteiger charge is -2.25. The third-order valence-electron chi connectivity index (χ3n) is 5.43. The molecule has 1 amide bonds. The van der Waals surface area contributed by atoms with Gasteiger partial charge in [-0.15, -0.1) is 0 Å². The highest BCUT2D eigenvalue weighted by Gasteiger charge is 2.29. The van der Waals surface area contributed by atoms with E-state index in [9.17, 15) is 14.4 Å². The first kappa shape index (κ1) is 17.3. The van der Waals surface area contributed by atoms with Crippen LogP contribution in [0.3, 0.4) is 0 Å². The summed E-state index contributed by atoms with van der Waals surface area (Å²) in [6.45, 7) is 2.05. The lowest BCUT2D eigenvalue weighted by Crippen LogP contribution is -2.34. The largest absolute Gasteiger partial charge is 0.335 e. The minimum absolute atomic E-state index is 0.0385. The van der Waals surface area contributed by atoms with E-state index >= 15 is 0 Å². The standard InChI is InChI=1S/C21H21N3O3/c1-3-24-20(26)16-10-8-14(12-17(16)22-21(24)27)19(25)23(2)18-11-9-13-6-4-5-7-15(13)18/h4-8,10,12,18H,3,9,11H2,1-2H3,(H,22,27)/t18-/m1/s1. The van der Waals surface area contributed by atoms with Crippen molar-refractivity contribution in [3.63, 3.8) is 0 Å². The minimum atomic E-state index is -0.460. The molecule has 0 aliphatic heterocycles. The lowest BCUT2D eigenvalue weighted by molar-refractivity contribution is 0.0730. The van der Waals surface area contributed by atoms with Crippen molar-refractivity contribution in [3.8, 4) is 0 Å². The highest BCUT2D eigenvalue weighted by Crippen LogP contribution is 2.35. The van der Waals surface area contributed by atoms with E-state index < -0.39 is 5.69 Å². The van der Waals surface area contributed by atoms with Gasteiger partial charge in [-0.2, -0.15) is 0 Å². The van der Waals surface area contributed by atoms with Gasteiger partial charge in [0.05, 0.1) is 16.9 Å². The Kier molecular flexibility index (Phi) is 4.18. The molecule has 1 aliphatic rings. The van der Waals surface area contributed by atoms with Crippen LogP contribution in [0.2, 0.25) is 0 Å². The summed E-state index contributed by atoms with van der Waals surface area (Å²) in [5.41, 5.74) is 2.52. The van der Waals surface area contributed by atoms with Crippen molar-refractivity contribution in [2.75, 3.05) is 7.05 Å². The summed E-state index contributed by atoms with van der Waals surface area (Å²) in [6, 6.07) is 13.1. The van der Waals surface area contributed by atoms with Crippen LogP contribution in [0.1, 0.15) is 40.9 Å². The molecule has 3 aromatic rings. The number of carbonyl (C=O) groups is 1. The fourth-order valence-electron chi connectivity index (χ4n) is 3.96. The maximum atomic E-state index is 13.0. The number of carbonyl (C=O) groups excluding carboxylic acids is 1. The molecule has 27 heavy (non-hydrogen) atoms. The first-order valence-corrected chi connectivity index (χ1v) is 9.13. The number of aromatic amines is 1. The number of aryl methyl sites for hydroxylation is 1. The van der Waals surface area contributed by atoms with Crippen LogP contribution in [0.15, 0.2) is 52.1 Å². The van der Waals surface area contributed by atoms with Gasteiger partial charge in [-0.25, -0.2) is 4.79 Å². The molecule has 0 unspecified atom stereocenters. The number of aromatic nitrogens is 2. The first-order valence-electron chi connectivity index (χ1n) is 9.13. The molecule has 6 heteroatoms. The molecule has 4 rings (SSSR count). The van der Waals surface area contributed by atoms with Crippen LogP contribution in [-0.2, 0) is 13.0 Å². The summed E-state index contributed by atoms with van der Waals surface area (Å²) in [4.78, 5) is 41.9. The average molecular weight is 363 g/mol. The van der Waals surface area contributed by atoms with Gasteiger partial charge < -0.3 is 9.88 Å². The van der Waals surface area contributed by atoms with E-state index in [4.69, 9.17) is 0 Å². The Morgan fingerprint density at radius 2 is 2.00 bits per heavy atom. The molecule has 1 heterocycles. The van der Waals surface area contributed by atoms with Crippen LogP contribution in [0.4, 0.5) is 0 Å². The zero-order valence-electron chi connectivity index (χ0n) is 15.4. The SMILES string of the molecule is CCn1c(=O)[nH]c2cc(C(=O)N(C)[C@@H]3CCc4ccccc43)ccc2c1=O. The quantitative estimate of drug-likeness (QED) is 0.777. The Labute approximate surface area is 156 Å². The fraction of sp³-hybridized carbons (Fsp3) is 0.286. The normalized spacial score (nSPS) is 15.7. The second-order valence-corrected chi connectivity index (χ2v) is 6.91. The lowest BCUT2D eigenvalue weighted by atomic mass is 10.1. The molecule has 0 spiro atoms. The molecule has 1 aromatic heterocycles. The van der Waals surface area contributed by atoms with E-state index in [1.54, 1.807) is 37.1 Å². The van der Waals surface area contributed by atoms with Crippen molar-refractivity contribution < 1.29 is 4.79 Å². The highest BCUT2D eigenvalue weighted by molar-refractivity contribution is 5.97. The maximum absolute atomic E-state index is 13.0. The number of hydrogen-bond acceptors (Lipinski definition) is 3. The Bertz CT molecular complexity index is 1160. The van der Waals surface area contributed by atoms with Crippen LogP contribution >= 0.6 is 0 Å². The number of nitrogens with one attached hydrogen (secondary N) is 1. The van der Waals surface area contributed by atoms with E-state index in [-0.39, 0.29) is 17.5 Å². The highest BCUT2D eigenvalue weighted by atomic mass is 16.2. The third-order valence-corrected chi connectivity index (χ3v) is 5.43. The van der Waals surface area contributed by atoms with E-state index in [1.807, 2.05) is 12.1 Å². The summed E-state index contributed by atoms with van der Waals surface area (Å²) < 4.78 is 1.14. The van der Waals surface area contributed by atoms with Crippen LogP contribution < -0.4 is 11.2 Å². The summed E-state index contributed by atoms with van der Waals surface area (Å²) in [7, 11) is 1.80. The second-order valence-electron chi connectivity index (χ2n) is 6.91. The Balaban J connectivity index is 1.71. The van der Waals surface area contributed by atoms with E-state index in [2.05, 4.69) is 17.1 Å². The number of nitrogens with zero attached hydrogens (tertiary/aromatic N) is 2. The van der Waals surface area contributed by atoms with Gasteiger partial charge in [0.15, 0.2) is 0 Å². The molecule has 0 radical (unpaired) electrons. The molecule has 6 nitrogen and oxygen atoms in total. The van der Waals surface area contributed by atoms with Gasteiger partial charge in [-0.1, -0.05) is 24.3 Å². The summed E-state index contributed by atoms with van der Waals surface area (Å²) in [5.74, 6) is -0.126. The number of H-pyrrole nitrogens is 1. The molecule has 1 N–H and O–H groups in total. The average Bonchev–Trinajstić information content (AvgIpc) is 3.11. The smallest absolute Gasteiger partial charge is 0.328 e. The van der Waals surface area contributed by atoms with Gasteiger partial charge in [0, 0.05) is 19.2 Å². The number of hydrogen-bond donors (Lipinski definition) is 1. The zero-order valence-corrected chi connectivity index (χ0v) is 15.4. The topological polar surface area (TPSA) is 75.2 Å². The van der Waals surface area contributed by atoms with Crippen LogP contribution in [-0.4, -0.2) is 27.4 Å². The fourth-order valence-corrected chi connectivity index (χ4v) is 3.96. The van der Waals surface area contributed by atoms with E-state index in [0.717, 1.165) is 17.4 Å². The number of benzene rings is 2. The van der Waals surface area contributed by atoms with Crippen molar-refractivity contribution in [1.29, 1.82) is 0 Å². The minimum Gasteiger partial charge on any atom is -0.335 e. The van der Waals surface area contributed by atoms with Gasteiger partial charge in [0.25, 0.3) is 11.5 Å². The maximum Gasteiger partial charge on any atom is 0.328 e. The van der Waals surface area contributed by atoms with Gasteiger partial charge in [0.1, 0.15) is 0 Å². The predicted octanol–water partition coefficient (Wildman–Crippen LogP) is 2.47. The van der Waals surface area contributed by atoms with Crippen LogP contribution in [0.5, 0.6) is 0 Å². The zero-order chi connectivity index (χ0) is 19.1. The molecule has 0 saturated carbocycles. The first-order chi connectivity index (χ1) is 13.0. The van der Waals surface area contributed by atoms with E-state index in [0.29, 0.717) is 23.0 Å². The summed E-state index contributed by atoms with van der Waals surface area (Å²) in [5, 5.41) is 0.405. The summed E-state index contributed by atoms with van der Waals surface area (Å²) in [6.07, 6.45) is 1.85. The van der Waals surface area contributed by atoms with Crippen molar-refractivity contribution in [3.05, 3.63) is 80.0 Å². The number of fused-ring (bicyclic) bond motifs is 2. The molecule has 2 aromatic carbocycles. The molecule has 0 saturated heterocycles. The summed E-state index contributed by atoms with van der Waals surface area (Å²) >= 11 is 0. The van der Waals surface area contributed by atoms with Crippen molar-refractivity contribution in [2.24, 2.45) is 0 Å². The molecule has 1 aliphatic carbocycles. The Morgan fingerprint density at radius 3 is 2.78 bits per heavy atom. The van der Waals surface area contributed by atoms with Gasteiger partial charge in [-0.05, 0) is 49.1 Å². The molecule has 0 fully saturated rings. The van der Waals surface area contributed by atoms with Crippen molar-refractivity contribution >= 4 is 16.8 Å². The predicted molar refractivity (Wildman–Crippen MR) is 104 cm³/mol. The number of amides is 1. The molecule has 1 atom stereocenters. The van der Waals surface area contributed by atoms with Gasteiger partial charge in [0.2, 0.25) is 0 Å². The molecule has 0 bridgehead atoms. The van der Waals surface area contributed by atoms with Gasteiger partial charge in [-0.3, -0.25) is 14.2 Å². The Morgan fingerprint density at radius 1 is 1.22 bits per heavy atom. The monoisotopic (exact) mass is 363 g/mol. The number of rotatable bonds is 3. The molecule has 138 valence electrons. The Hall–Kier alpha value is -3.15. The van der Waals surface area contributed by atoms with Crippen molar-refractivity contribution in [1.82, 2.24) is 14.5 Å². The van der Waals surface area contributed by atoms with Crippen LogP contribution in [0.25, 0.3) is 10.9 Å². The molecular formula is C21H21N3O3.